The van der Waals surface area contributed by atoms with Crippen LogP contribution in [-0.4, -0.2) is 32.6 Å². The van der Waals surface area contributed by atoms with Gasteiger partial charge in [0.25, 0.3) is 0 Å². The van der Waals surface area contributed by atoms with Crippen molar-refractivity contribution in [2.75, 3.05) is 18.4 Å². The average molecular weight is 328 g/mol. The third-order valence-electron chi connectivity index (χ3n) is 3.10. The second kappa shape index (κ2) is 8.14. The van der Waals surface area contributed by atoms with E-state index in [4.69, 9.17) is 5.11 Å². The molecule has 1 aromatic carbocycles. The van der Waals surface area contributed by atoms with Crippen molar-refractivity contribution < 1.29 is 18.3 Å². The molecule has 1 aromatic rings. The van der Waals surface area contributed by atoms with Crippen molar-refractivity contribution in [3.05, 3.63) is 23.8 Å². The first-order valence-corrected chi connectivity index (χ1v) is 8.87. The molecule has 0 unspecified atom stereocenters. The first-order valence-electron chi connectivity index (χ1n) is 7.38. The monoisotopic (exact) mass is 328 g/mol. The highest BCUT2D eigenvalue weighted by Gasteiger charge is 2.20. The van der Waals surface area contributed by atoms with Crippen LogP contribution < -0.4 is 10.0 Å². The lowest BCUT2D eigenvalue weighted by Crippen LogP contribution is -2.26. The molecule has 0 spiro atoms. The zero-order valence-electron chi connectivity index (χ0n) is 13.2. The zero-order chi connectivity index (χ0) is 16.8. The van der Waals surface area contributed by atoms with Gasteiger partial charge in [0.2, 0.25) is 10.0 Å². The molecule has 124 valence electrons. The van der Waals surface area contributed by atoms with E-state index in [1.165, 1.54) is 18.2 Å². The number of carbonyl (C=O) groups is 1. The van der Waals surface area contributed by atoms with E-state index in [1.54, 1.807) is 0 Å². The zero-order valence-corrected chi connectivity index (χ0v) is 14.0. The van der Waals surface area contributed by atoms with Gasteiger partial charge in [0.1, 0.15) is 4.90 Å². The van der Waals surface area contributed by atoms with Crippen LogP contribution in [0.4, 0.5) is 5.69 Å². The molecule has 0 saturated heterocycles. The van der Waals surface area contributed by atoms with Crippen LogP contribution in [0.2, 0.25) is 0 Å². The van der Waals surface area contributed by atoms with Crippen LogP contribution in [0.15, 0.2) is 23.1 Å². The molecule has 0 amide bonds. The largest absolute Gasteiger partial charge is 0.478 e. The lowest BCUT2D eigenvalue weighted by Gasteiger charge is -2.14. The number of carboxylic acids is 1. The van der Waals surface area contributed by atoms with Gasteiger partial charge < -0.3 is 10.4 Å². The molecule has 0 aliphatic rings. The van der Waals surface area contributed by atoms with E-state index in [1.807, 2.05) is 6.92 Å². The number of sulfonamides is 1. The highest BCUT2D eigenvalue weighted by atomic mass is 32.2. The van der Waals surface area contributed by atoms with E-state index in [-0.39, 0.29) is 10.5 Å². The average Bonchev–Trinajstić information content (AvgIpc) is 2.44. The molecule has 0 atom stereocenters. The van der Waals surface area contributed by atoms with Crippen molar-refractivity contribution in [1.29, 1.82) is 0 Å². The van der Waals surface area contributed by atoms with Crippen LogP contribution in [0.5, 0.6) is 0 Å². The van der Waals surface area contributed by atoms with E-state index < -0.39 is 16.0 Å². The fourth-order valence-electron chi connectivity index (χ4n) is 1.83. The minimum absolute atomic E-state index is 0.0235. The molecular formula is C15H24N2O4S. The fraction of sp³-hybridized carbons (Fsp3) is 0.533. The molecular weight excluding hydrogens is 304 g/mol. The SMILES string of the molecule is CCCNS(=O)(=O)c1cc(C(=O)O)ccc1NCCC(C)C. The highest BCUT2D eigenvalue weighted by Crippen LogP contribution is 2.23. The molecule has 0 aromatic heterocycles. The molecule has 0 heterocycles. The lowest BCUT2D eigenvalue weighted by atomic mass is 10.1. The predicted octanol–water partition coefficient (Wildman–Crippen LogP) is 2.53. The standard InChI is InChI=1S/C15H24N2O4S/c1-4-8-17-22(20,21)14-10-12(15(18)19)5-6-13(14)16-9-7-11(2)3/h5-6,10-11,16-17H,4,7-9H2,1-3H3,(H,18,19). The Morgan fingerprint density at radius 3 is 2.50 bits per heavy atom. The second-order valence-corrected chi connectivity index (χ2v) is 7.26. The summed E-state index contributed by atoms with van der Waals surface area (Å²) in [5.41, 5.74) is 0.375. The molecule has 6 nitrogen and oxygen atoms in total. The topological polar surface area (TPSA) is 95.5 Å². The highest BCUT2D eigenvalue weighted by molar-refractivity contribution is 7.89. The van der Waals surface area contributed by atoms with Crippen molar-refractivity contribution in [3.63, 3.8) is 0 Å². The summed E-state index contributed by atoms with van der Waals surface area (Å²) in [5, 5.41) is 12.1. The summed E-state index contributed by atoms with van der Waals surface area (Å²) in [6, 6.07) is 4.10. The predicted molar refractivity (Wildman–Crippen MR) is 86.8 cm³/mol. The molecule has 22 heavy (non-hydrogen) atoms. The molecule has 3 N–H and O–H groups in total. The quantitative estimate of drug-likeness (QED) is 0.647. The van der Waals surface area contributed by atoms with Crippen LogP contribution in [-0.2, 0) is 10.0 Å². The van der Waals surface area contributed by atoms with Gasteiger partial charge in [-0.15, -0.1) is 0 Å². The number of carboxylic acid groups (broad SMARTS) is 1. The minimum Gasteiger partial charge on any atom is -0.478 e. The van der Waals surface area contributed by atoms with E-state index in [0.717, 1.165) is 6.42 Å². The molecule has 0 radical (unpaired) electrons. The molecule has 0 aliphatic heterocycles. The second-order valence-electron chi connectivity index (χ2n) is 5.52. The Bertz CT molecular complexity index is 612. The Labute approximate surface area is 132 Å². The van der Waals surface area contributed by atoms with Gasteiger partial charge in [0.15, 0.2) is 0 Å². The molecule has 7 heteroatoms. The Balaban J connectivity index is 3.12. The summed E-state index contributed by atoms with van der Waals surface area (Å²) in [7, 11) is -3.74. The van der Waals surface area contributed by atoms with Crippen molar-refractivity contribution in [3.8, 4) is 0 Å². The molecule has 0 fully saturated rings. The maximum absolute atomic E-state index is 12.3. The van der Waals surface area contributed by atoms with Crippen LogP contribution in [0.1, 0.15) is 44.0 Å². The van der Waals surface area contributed by atoms with Gasteiger partial charge in [-0.2, -0.15) is 0 Å². The summed E-state index contributed by atoms with van der Waals surface area (Å²) in [4.78, 5) is 11.0. The Hall–Kier alpha value is -1.60. The number of anilines is 1. The molecule has 1 rings (SSSR count). The fourth-order valence-corrected chi connectivity index (χ4v) is 3.17. The van der Waals surface area contributed by atoms with Crippen molar-refractivity contribution in [2.45, 2.75) is 38.5 Å². The third kappa shape index (κ3) is 5.31. The third-order valence-corrected chi connectivity index (χ3v) is 4.60. The van der Waals surface area contributed by atoms with Crippen molar-refractivity contribution in [1.82, 2.24) is 4.72 Å². The number of hydrogen-bond donors (Lipinski definition) is 3. The van der Waals surface area contributed by atoms with Gasteiger partial charge in [0, 0.05) is 13.1 Å². The van der Waals surface area contributed by atoms with Crippen molar-refractivity contribution >= 4 is 21.7 Å². The van der Waals surface area contributed by atoms with Crippen LogP contribution in [0.25, 0.3) is 0 Å². The number of benzene rings is 1. The van der Waals surface area contributed by atoms with Crippen LogP contribution in [0.3, 0.4) is 0 Å². The Morgan fingerprint density at radius 1 is 1.27 bits per heavy atom. The van der Waals surface area contributed by atoms with Gasteiger partial charge in [-0.1, -0.05) is 20.8 Å². The maximum atomic E-state index is 12.3. The van der Waals surface area contributed by atoms with Crippen LogP contribution >= 0.6 is 0 Å². The summed E-state index contributed by atoms with van der Waals surface area (Å²) in [5.74, 6) is -0.662. The van der Waals surface area contributed by atoms with E-state index in [0.29, 0.717) is 31.1 Å². The summed E-state index contributed by atoms with van der Waals surface area (Å²) in [6.45, 7) is 6.95. The minimum atomic E-state index is -3.74. The van der Waals surface area contributed by atoms with Crippen molar-refractivity contribution in [2.24, 2.45) is 5.92 Å². The number of hydrogen-bond acceptors (Lipinski definition) is 4. The van der Waals surface area contributed by atoms with Gasteiger partial charge >= 0.3 is 5.97 Å². The Kier molecular flexibility index (Phi) is 6.83. The number of rotatable bonds is 9. The Morgan fingerprint density at radius 2 is 1.95 bits per heavy atom. The summed E-state index contributed by atoms with van der Waals surface area (Å²) >= 11 is 0. The van der Waals surface area contributed by atoms with E-state index in [2.05, 4.69) is 23.9 Å². The molecule has 0 saturated carbocycles. The first-order chi connectivity index (χ1) is 10.3. The normalized spacial score (nSPS) is 11.6. The lowest BCUT2D eigenvalue weighted by molar-refractivity contribution is 0.0696. The van der Waals surface area contributed by atoms with E-state index in [9.17, 15) is 13.2 Å². The first kappa shape index (κ1) is 18.4. The molecule has 0 aliphatic carbocycles. The maximum Gasteiger partial charge on any atom is 0.335 e. The van der Waals surface area contributed by atoms with E-state index >= 15 is 0 Å². The summed E-state index contributed by atoms with van der Waals surface area (Å²) < 4.78 is 27.1. The number of aromatic carboxylic acids is 1. The summed E-state index contributed by atoms with van der Waals surface area (Å²) in [6.07, 6.45) is 1.55. The van der Waals surface area contributed by atoms with Crippen LogP contribution in [0, 0.1) is 5.92 Å². The van der Waals surface area contributed by atoms with Gasteiger partial charge in [0.05, 0.1) is 11.3 Å². The van der Waals surface area contributed by atoms with Gasteiger partial charge in [-0.3, -0.25) is 0 Å². The molecule has 0 bridgehead atoms. The van der Waals surface area contributed by atoms with Gasteiger partial charge in [-0.25, -0.2) is 17.9 Å². The number of nitrogens with one attached hydrogen (secondary N) is 2. The smallest absolute Gasteiger partial charge is 0.335 e. The van der Waals surface area contributed by atoms with Gasteiger partial charge in [-0.05, 0) is 37.0 Å².